The SMILES string of the molecule is CCCCC(C)(C)c1ccc(CC(NS(=O)(=O)c2ccccn2)c2cccc(N(CC(=O)OC(C)(C)C)C(=O)OC(C)(C)C)n2)c(F)c1. The summed E-state index contributed by atoms with van der Waals surface area (Å²) in [6, 6.07) is 13.1. The highest BCUT2D eigenvalue weighted by atomic mass is 32.2. The molecule has 0 saturated heterocycles. The van der Waals surface area contributed by atoms with E-state index in [0.29, 0.717) is 0 Å². The lowest BCUT2D eigenvalue weighted by Crippen LogP contribution is -2.42. The minimum absolute atomic E-state index is 0.0168. The smallest absolute Gasteiger partial charge is 0.416 e. The van der Waals surface area contributed by atoms with Crippen molar-refractivity contribution in [1.82, 2.24) is 14.7 Å². The number of unbranched alkanes of at least 4 members (excludes halogenated alkanes) is 1. The zero-order chi connectivity index (χ0) is 35.9. The van der Waals surface area contributed by atoms with Crippen molar-refractivity contribution in [2.45, 2.75) is 116 Å². The quantitative estimate of drug-likeness (QED) is 0.184. The first-order chi connectivity index (χ1) is 22.2. The number of halogens is 1. The lowest BCUT2D eigenvalue weighted by molar-refractivity contribution is -0.153. The Labute approximate surface area is 284 Å². The van der Waals surface area contributed by atoms with Crippen LogP contribution in [-0.2, 0) is 36.1 Å². The maximum absolute atomic E-state index is 15.8. The lowest BCUT2D eigenvalue weighted by Gasteiger charge is -2.28. The number of amides is 1. The molecule has 48 heavy (non-hydrogen) atoms. The number of rotatable bonds is 13. The first kappa shape index (κ1) is 38.5. The van der Waals surface area contributed by atoms with Gasteiger partial charge in [-0.15, -0.1) is 0 Å². The molecule has 2 heterocycles. The van der Waals surface area contributed by atoms with Gasteiger partial charge < -0.3 is 9.47 Å². The van der Waals surface area contributed by atoms with E-state index in [2.05, 4.69) is 35.5 Å². The highest BCUT2D eigenvalue weighted by Crippen LogP contribution is 2.32. The highest BCUT2D eigenvalue weighted by Gasteiger charge is 2.31. The Hall–Kier alpha value is -3.90. The van der Waals surface area contributed by atoms with Crippen LogP contribution < -0.4 is 9.62 Å². The van der Waals surface area contributed by atoms with Crippen LogP contribution in [0, 0.1) is 5.82 Å². The number of carbonyl (C=O) groups excluding carboxylic acids is 2. The number of benzene rings is 1. The van der Waals surface area contributed by atoms with Gasteiger partial charge in [-0.3, -0.25) is 9.69 Å². The Morgan fingerprint density at radius 1 is 0.938 bits per heavy atom. The van der Waals surface area contributed by atoms with E-state index < -0.39 is 51.7 Å². The Morgan fingerprint density at radius 3 is 2.21 bits per heavy atom. The fourth-order valence-electron chi connectivity index (χ4n) is 4.92. The second-order valence-corrected chi connectivity index (χ2v) is 16.1. The van der Waals surface area contributed by atoms with E-state index in [9.17, 15) is 18.0 Å². The van der Waals surface area contributed by atoms with Crippen LogP contribution >= 0.6 is 0 Å². The van der Waals surface area contributed by atoms with Crippen molar-refractivity contribution in [3.63, 3.8) is 0 Å². The van der Waals surface area contributed by atoms with Crippen molar-refractivity contribution < 1.29 is 31.9 Å². The third kappa shape index (κ3) is 11.4. The van der Waals surface area contributed by atoms with Gasteiger partial charge in [0.2, 0.25) is 0 Å². The second kappa shape index (κ2) is 15.5. The summed E-state index contributed by atoms with van der Waals surface area (Å²) < 4.78 is 56.4. The molecule has 0 aliphatic rings. The fraction of sp³-hybridized carbons (Fsp3) is 0.500. The number of pyridine rings is 2. The molecule has 0 saturated carbocycles. The van der Waals surface area contributed by atoms with Gasteiger partial charge in [-0.2, -0.15) is 0 Å². The van der Waals surface area contributed by atoms with E-state index in [1.54, 1.807) is 71.9 Å². The number of aromatic nitrogens is 2. The number of hydrogen-bond acceptors (Lipinski definition) is 8. The Morgan fingerprint density at radius 2 is 1.62 bits per heavy atom. The molecule has 12 heteroatoms. The molecule has 0 aliphatic heterocycles. The van der Waals surface area contributed by atoms with E-state index in [0.717, 1.165) is 29.7 Å². The van der Waals surface area contributed by atoms with Gasteiger partial charge in [0.15, 0.2) is 5.03 Å². The van der Waals surface area contributed by atoms with Gasteiger partial charge in [0, 0.05) is 6.20 Å². The summed E-state index contributed by atoms with van der Waals surface area (Å²) in [7, 11) is -4.20. The molecule has 10 nitrogen and oxygen atoms in total. The van der Waals surface area contributed by atoms with Gasteiger partial charge in [0.1, 0.15) is 29.4 Å². The largest absolute Gasteiger partial charge is 0.459 e. The Balaban J connectivity index is 2.08. The van der Waals surface area contributed by atoms with Crippen LogP contribution in [0.2, 0.25) is 0 Å². The van der Waals surface area contributed by atoms with Crippen molar-refractivity contribution in [3.8, 4) is 0 Å². The average molecular weight is 685 g/mol. The zero-order valence-corrected chi connectivity index (χ0v) is 30.3. The van der Waals surface area contributed by atoms with E-state index in [1.165, 1.54) is 24.4 Å². The van der Waals surface area contributed by atoms with Gasteiger partial charge in [-0.25, -0.2) is 32.3 Å². The number of sulfonamides is 1. The minimum Gasteiger partial charge on any atom is -0.459 e. The minimum atomic E-state index is -4.20. The van der Waals surface area contributed by atoms with E-state index in [1.807, 2.05) is 6.07 Å². The van der Waals surface area contributed by atoms with Crippen LogP contribution in [0.4, 0.5) is 15.0 Å². The van der Waals surface area contributed by atoms with Gasteiger partial charge >= 0.3 is 12.1 Å². The zero-order valence-electron chi connectivity index (χ0n) is 29.5. The van der Waals surface area contributed by atoms with Crippen LogP contribution in [0.3, 0.4) is 0 Å². The summed E-state index contributed by atoms with van der Waals surface area (Å²) in [5.41, 5.74) is -0.662. The van der Waals surface area contributed by atoms with E-state index in [4.69, 9.17) is 9.47 Å². The molecule has 1 unspecified atom stereocenters. The molecule has 1 aromatic carbocycles. The van der Waals surface area contributed by atoms with Gasteiger partial charge in [-0.05, 0) is 101 Å². The van der Waals surface area contributed by atoms with E-state index >= 15 is 4.39 Å². The summed E-state index contributed by atoms with van der Waals surface area (Å²) >= 11 is 0. The first-order valence-corrected chi connectivity index (χ1v) is 17.6. The first-order valence-electron chi connectivity index (χ1n) is 16.1. The number of nitrogens with zero attached hydrogens (tertiary/aromatic N) is 3. The summed E-state index contributed by atoms with van der Waals surface area (Å²) in [6.07, 6.45) is 3.32. The maximum atomic E-state index is 15.8. The Bertz CT molecular complexity index is 1670. The molecule has 1 amide bonds. The number of anilines is 1. The molecular formula is C36H49FN4O6S. The summed E-state index contributed by atoms with van der Waals surface area (Å²) in [5, 5.41) is -0.222. The van der Waals surface area contributed by atoms with E-state index in [-0.39, 0.29) is 33.9 Å². The second-order valence-electron chi connectivity index (χ2n) is 14.4. The van der Waals surface area contributed by atoms with Crippen LogP contribution in [0.5, 0.6) is 0 Å². The molecular weight excluding hydrogens is 635 g/mol. The van der Waals surface area contributed by atoms with Crippen molar-refractivity contribution in [3.05, 3.63) is 83.4 Å². The third-order valence-electron chi connectivity index (χ3n) is 7.34. The molecule has 0 fully saturated rings. The van der Waals surface area contributed by atoms with Gasteiger partial charge in [0.05, 0.1) is 11.7 Å². The molecule has 3 aromatic rings. The number of esters is 1. The third-order valence-corrected chi connectivity index (χ3v) is 8.72. The number of hydrogen-bond donors (Lipinski definition) is 1. The van der Waals surface area contributed by atoms with Gasteiger partial charge in [0.25, 0.3) is 10.0 Å². The molecule has 3 rings (SSSR count). The molecule has 1 atom stereocenters. The summed E-state index contributed by atoms with van der Waals surface area (Å²) in [6.45, 7) is 15.9. The summed E-state index contributed by atoms with van der Waals surface area (Å²) in [4.78, 5) is 35.9. The number of carbonyl (C=O) groups is 2. The average Bonchev–Trinajstić information content (AvgIpc) is 2.98. The topological polar surface area (TPSA) is 128 Å². The monoisotopic (exact) mass is 684 g/mol. The van der Waals surface area contributed by atoms with Crippen LogP contribution in [0.15, 0.2) is 65.8 Å². The van der Waals surface area contributed by atoms with Crippen LogP contribution in [-0.4, -0.2) is 48.2 Å². The van der Waals surface area contributed by atoms with Crippen molar-refractivity contribution in [2.24, 2.45) is 0 Å². The lowest BCUT2D eigenvalue weighted by atomic mass is 9.79. The molecule has 0 bridgehead atoms. The molecule has 262 valence electrons. The molecule has 1 N–H and O–H groups in total. The van der Waals surface area contributed by atoms with Crippen molar-refractivity contribution >= 4 is 27.9 Å². The highest BCUT2D eigenvalue weighted by molar-refractivity contribution is 7.89. The number of ether oxygens (including phenoxy) is 2. The normalized spacial score (nSPS) is 13.1. The molecule has 0 aliphatic carbocycles. The maximum Gasteiger partial charge on any atom is 0.416 e. The predicted molar refractivity (Wildman–Crippen MR) is 184 cm³/mol. The van der Waals surface area contributed by atoms with Crippen molar-refractivity contribution in [1.29, 1.82) is 0 Å². The van der Waals surface area contributed by atoms with Crippen molar-refractivity contribution in [2.75, 3.05) is 11.4 Å². The molecule has 0 spiro atoms. The Kier molecular flexibility index (Phi) is 12.5. The van der Waals surface area contributed by atoms with Crippen LogP contribution in [0.1, 0.15) is 104 Å². The van der Waals surface area contributed by atoms with Gasteiger partial charge in [-0.1, -0.05) is 57.9 Å². The summed E-state index contributed by atoms with van der Waals surface area (Å²) in [5.74, 6) is -1.16. The molecule has 2 aromatic heterocycles. The molecule has 0 radical (unpaired) electrons. The number of nitrogens with one attached hydrogen (secondary N) is 1. The fourth-order valence-corrected chi connectivity index (χ4v) is 6.08. The predicted octanol–water partition coefficient (Wildman–Crippen LogP) is 7.43. The van der Waals surface area contributed by atoms with Crippen LogP contribution in [0.25, 0.3) is 0 Å². The standard InChI is InChI=1S/C36H49FN4O6S/c1-10-11-20-36(8,9)26-19-18-25(27(37)23-26)22-29(40-48(44,45)31-17-12-13-21-38-31)28-15-14-16-30(39-28)41(33(43)47-35(5,6)7)24-32(42)46-34(2,3)4/h12-19,21,23,29,40H,10-11,20,22,24H2,1-9H3.